The van der Waals surface area contributed by atoms with Gasteiger partial charge in [-0.25, -0.2) is 4.39 Å². The van der Waals surface area contributed by atoms with Gasteiger partial charge in [-0.2, -0.15) is 0 Å². The summed E-state index contributed by atoms with van der Waals surface area (Å²) in [6.45, 7) is 0. The number of halogens is 1. The Morgan fingerprint density at radius 2 is 2.00 bits per heavy atom. The van der Waals surface area contributed by atoms with Crippen LogP contribution in [0.1, 0.15) is 22.3 Å². The van der Waals surface area contributed by atoms with Crippen LogP contribution in [0.5, 0.6) is 0 Å². The molecule has 0 radical (unpaired) electrons. The Bertz CT molecular complexity index is 370. The van der Waals surface area contributed by atoms with Gasteiger partial charge in [0, 0.05) is 12.0 Å². The zero-order valence-electron chi connectivity index (χ0n) is 7.44. The minimum Gasteiger partial charge on any atom is -0.303 e. The van der Waals surface area contributed by atoms with E-state index in [-0.39, 0.29) is 6.42 Å². The molecule has 0 amide bonds. The van der Waals surface area contributed by atoms with E-state index in [0.717, 1.165) is 6.29 Å². The van der Waals surface area contributed by atoms with Crippen molar-refractivity contribution in [3.63, 3.8) is 0 Å². The highest BCUT2D eigenvalue weighted by Gasteiger charge is 1.99. The van der Waals surface area contributed by atoms with Crippen molar-refractivity contribution in [3.05, 3.63) is 41.2 Å². The number of carbonyl (C=O) groups is 2. The molecule has 3 heteroatoms. The van der Waals surface area contributed by atoms with Crippen molar-refractivity contribution in [3.8, 4) is 0 Å². The first-order valence-electron chi connectivity index (χ1n) is 4.13. The Morgan fingerprint density at radius 3 is 2.64 bits per heavy atom. The Balaban J connectivity index is 2.98. The number of rotatable bonds is 4. The molecule has 0 spiro atoms. The fourth-order valence-corrected chi connectivity index (χ4v) is 1.05. The lowest BCUT2D eigenvalue weighted by atomic mass is 10.1. The van der Waals surface area contributed by atoms with Crippen LogP contribution in [0.25, 0.3) is 6.08 Å². The molecule has 0 aliphatic carbocycles. The minimum absolute atomic E-state index is 0.259. The summed E-state index contributed by atoms with van der Waals surface area (Å²) >= 11 is 0. The van der Waals surface area contributed by atoms with E-state index in [1.54, 1.807) is 12.2 Å². The van der Waals surface area contributed by atoms with Crippen molar-refractivity contribution in [1.82, 2.24) is 0 Å². The number of aldehydes is 2. The second kappa shape index (κ2) is 5.07. The SMILES string of the molecule is O=CC/C=C/c1cc(F)ccc1C=O. The molecular formula is C11H9FO2. The van der Waals surface area contributed by atoms with Crippen LogP contribution in [0, 0.1) is 5.82 Å². The molecule has 0 aliphatic heterocycles. The standard InChI is InChI=1S/C11H9FO2/c12-11-5-4-10(8-14)9(7-11)3-1-2-6-13/h1,3-8H,2H2/b3-1+. The third kappa shape index (κ3) is 2.62. The summed E-state index contributed by atoms with van der Waals surface area (Å²) < 4.78 is 12.8. The van der Waals surface area contributed by atoms with E-state index in [0.29, 0.717) is 17.4 Å². The molecule has 0 N–H and O–H groups in total. The summed E-state index contributed by atoms with van der Waals surface area (Å²) in [5.74, 6) is -0.402. The molecule has 1 aromatic rings. The number of allylic oxidation sites excluding steroid dienone is 1. The van der Waals surface area contributed by atoms with Gasteiger partial charge in [0.15, 0.2) is 6.29 Å². The summed E-state index contributed by atoms with van der Waals surface area (Å²) in [7, 11) is 0. The van der Waals surface area contributed by atoms with Gasteiger partial charge in [-0.15, -0.1) is 0 Å². The van der Waals surface area contributed by atoms with E-state index in [2.05, 4.69) is 0 Å². The Hall–Kier alpha value is -1.77. The Morgan fingerprint density at radius 1 is 1.21 bits per heavy atom. The van der Waals surface area contributed by atoms with Crippen LogP contribution in [0.2, 0.25) is 0 Å². The first kappa shape index (κ1) is 10.3. The summed E-state index contributed by atoms with van der Waals surface area (Å²) in [6, 6.07) is 3.88. The number of hydrogen-bond acceptors (Lipinski definition) is 2. The van der Waals surface area contributed by atoms with Crippen LogP contribution >= 0.6 is 0 Å². The lowest BCUT2D eigenvalue weighted by molar-refractivity contribution is -0.107. The van der Waals surface area contributed by atoms with Gasteiger partial charge in [0.05, 0.1) is 0 Å². The van der Waals surface area contributed by atoms with Gasteiger partial charge < -0.3 is 4.79 Å². The lowest BCUT2D eigenvalue weighted by Gasteiger charge is -1.97. The first-order valence-corrected chi connectivity index (χ1v) is 4.13. The van der Waals surface area contributed by atoms with Crippen molar-refractivity contribution in [1.29, 1.82) is 0 Å². The normalized spacial score (nSPS) is 10.4. The second-order valence-electron chi connectivity index (χ2n) is 2.70. The molecule has 0 fully saturated rings. The molecule has 2 nitrogen and oxygen atoms in total. The minimum atomic E-state index is -0.402. The molecule has 0 bridgehead atoms. The van der Waals surface area contributed by atoms with Crippen LogP contribution in [0.4, 0.5) is 4.39 Å². The van der Waals surface area contributed by atoms with Crippen molar-refractivity contribution in [2.45, 2.75) is 6.42 Å². The molecule has 0 heterocycles. The predicted molar refractivity (Wildman–Crippen MR) is 51.5 cm³/mol. The van der Waals surface area contributed by atoms with Crippen LogP contribution < -0.4 is 0 Å². The van der Waals surface area contributed by atoms with Gasteiger partial charge in [0.1, 0.15) is 12.1 Å². The number of benzene rings is 1. The maximum atomic E-state index is 12.8. The maximum absolute atomic E-state index is 12.8. The average Bonchev–Trinajstić information content (AvgIpc) is 2.19. The average molecular weight is 192 g/mol. The van der Waals surface area contributed by atoms with Crippen LogP contribution in [-0.2, 0) is 4.79 Å². The number of carbonyl (C=O) groups excluding carboxylic acids is 2. The quantitative estimate of drug-likeness (QED) is 0.685. The molecule has 0 saturated carbocycles. The van der Waals surface area contributed by atoms with Gasteiger partial charge in [-0.1, -0.05) is 12.2 Å². The highest BCUT2D eigenvalue weighted by molar-refractivity contribution is 5.81. The Kier molecular flexibility index (Phi) is 3.73. The first-order chi connectivity index (χ1) is 6.77. The van der Waals surface area contributed by atoms with Crippen molar-refractivity contribution < 1.29 is 14.0 Å². The van der Waals surface area contributed by atoms with Gasteiger partial charge in [-0.05, 0) is 23.8 Å². The predicted octanol–water partition coefficient (Wildman–Crippen LogP) is 2.24. The molecule has 0 aromatic heterocycles. The highest BCUT2D eigenvalue weighted by atomic mass is 19.1. The summed E-state index contributed by atoms with van der Waals surface area (Å²) in [5, 5.41) is 0. The molecule has 0 saturated heterocycles. The van der Waals surface area contributed by atoms with Gasteiger partial charge >= 0.3 is 0 Å². The molecule has 1 aromatic carbocycles. The van der Waals surface area contributed by atoms with E-state index >= 15 is 0 Å². The van der Waals surface area contributed by atoms with E-state index in [1.165, 1.54) is 18.2 Å². The zero-order valence-corrected chi connectivity index (χ0v) is 7.44. The highest BCUT2D eigenvalue weighted by Crippen LogP contribution is 2.11. The molecular weight excluding hydrogens is 183 g/mol. The fourth-order valence-electron chi connectivity index (χ4n) is 1.05. The van der Waals surface area contributed by atoms with Crippen molar-refractivity contribution in [2.24, 2.45) is 0 Å². The molecule has 0 atom stereocenters. The summed E-state index contributed by atoms with van der Waals surface area (Å²) in [4.78, 5) is 20.6. The Labute approximate surface area is 81.1 Å². The second-order valence-corrected chi connectivity index (χ2v) is 2.70. The summed E-state index contributed by atoms with van der Waals surface area (Å²) in [6.07, 6.45) is 4.78. The number of hydrogen-bond donors (Lipinski definition) is 0. The van der Waals surface area contributed by atoms with Gasteiger partial charge in [-0.3, -0.25) is 4.79 Å². The van der Waals surface area contributed by atoms with Gasteiger partial charge in [0.25, 0.3) is 0 Å². The topological polar surface area (TPSA) is 34.1 Å². The van der Waals surface area contributed by atoms with E-state index in [1.807, 2.05) is 0 Å². The van der Waals surface area contributed by atoms with Gasteiger partial charge in [0.2, 0.25) is 0 Å². The molecule has 0 unspecified atom stereocenters. The van der Waals surface area contributed by atoms with Crippen molar-refractivity contribution in [2.75, 3.05) is 0 Å². The van der Waals surface area contributed by atoms with E-state index < -0.39 is 5.82 Å². The zero-order chi connectivity index (χ0) is 10.4. The van der Waals surface area contributed by atoms with E-state index in [4.69, 9.17) is 0 Å². The van der Waals surface area contributed by atoms with E-state index in [9.17, 15) is 14.0 Å². The lowest BCUT2D eigenvalue weighted by Crippen LogP contribution is -1.87. The molecule has 72 valence electrons. The molecule has 1 rings (SSSR count). The smallest absolute Gasteiger partial charge is 0.150 e. The largest absolute Gasteiger partial charge is 0.303 e. The molecule has 0 aliphatic rings. The summed E-state index contributed by atoms with van der Waals surface area (Å²) in [5.41, 5.74) is 0.899. The third-order valence-corrected chi connectivity index (χ3v) is 1.71. The maximum Gasteiger partial charge on any atom is 0.150 e. The fraction of sp³-hybridized carbons (Fsp3) is 0.0909. The molecule has 14 heavy (non-hydrogen) atoms. The van der Waals surface area contributed by atoms with Crippen LogP contribution in [0.3, 0.4) is 0 Å². The van der Waals surface area contributed by atoms with Crippen molar-refractivity contribution >= 4 is 18.6 Å². The van der Waals surface area contributed by atoms with Crippen LogP contribution in [-0.4, -0.2) is 12.6 Å². The monoisotopic (exact) mass is 192 g/mol. The van der Waals surface area contributed by atoms with Crippen LogP contribution in [0.15, 0.2) is 24.3 Å². The third-order valence-electron chi connectivity index (χ3n) is 1.71.